The molecular weight excluding hydrogens is 217 g/mol. The summed E-state index contributed by atoms with van der Waals surface area (Å²) in [5.74, 6) is -1.16. The van der Waals surface area contributed by atoms with Crippen LogP contribution in [0, 0.1) is 17.1 Å². The SMILES string of the molecule is N#Cc1ccc(C(F)C(F)(F)F)cc1F. The molecular formula is C9H4F5N. The van der Waals surface area contributed by atoms with Crippen molar-refractivity contribution in [2.45, 2.75) is 12.3 Å². The van der Waals surface area contributed by atoms with Gasteiger partial charge in [-0.15, -0.1) is 0 Å². The van der Waals surface area contributed by atoms with Gasteiger partial charge in [-0.25, -0.2) is 8.78 Å². The van der Waals surface area contributed by atoms with Crippen LogP contribution in [0.5, 0.6) is 0 Å². The molecule has 0 fully saturated rings. The van der Waals surface area contributed by atoms with Crippen LogP contribution >= 0.6 is 0 Å². The maximum absolute atomic E-state index is 12.8. The van der Waals surface area contributed by atoms with Crippen LogP contribution in [-0.4, -0.2) is 6.18 Å². The second-order valence-corrected chi connectivity index (χ2v) is 2.76. The summed E-state index contributed by atoms with van der Waals surface area (Å²) in [5.41, 5.74) is -1.27. The molecule has 0 saturated carbocycles. The molecule has 1 unspecified atom stereocenters. The van der Waals surface area contributed by atoms with Gasteiger partial charge in [-0.3, -0.25) is 0 Å². The Bertz CT molecular complexity index is 404. The molecule has 0 spiro atoms. The number of nitriles is 1. The summed E-state index contributed by atoms with van der Waals surface area (Å²) in [4.78, 5) is 0. The predicted octanol–water partition coefficient (Wildman–Crippen LogP) is 3.27. The molecule has 1 aromatic rings. The van der Waals surface area contributed by atoms with Crippen molar-refractivity contribution in [2.24, 2.45) is 0 Å². The highest BCUT2D eigenvalue weighted by Gasteiger charge is 2.41. The second kappa shape index (κ2) is 3.85. The van der Waals surface area contributed by atoms with Gasteiger partial charge in [-0.2, -0.15) is 18.4 Å². The number of halogens is 5. The summed E-state index contributed by atoms with van der Waals surface area (Å²) in [6.07, 6.45) is -8.31. The first kappa shape index (κ1) is 11.4. The average Bonchev–Trinajstić information content (AvgIpc) is 2.15. The molecule has 0 radical (unpaired) electrons. The molecule has 0 aliphatic rings. The van der Waals surface area contributed by atoms with Crippen LogP contribution in [0.1, 0.15) is 17.3 Å². The Kier molecular flexibility index (Phi) is 2.93. The number of benzene rings is 1. The first-order valence-corrected chi connectivity index (χ1v) is 3.76. The van der Waals surface area contributed by atoms with Gasteiger partial charge >= 0.3 is 6.18 Å². The topological polar surface area (TPSA) is 23.8 Å². The van der Waals surface area contributed by atoms with Gasteiger partial charge in [0.2, 0.25) is 6.17 Å². The number of hydrogen-bond acceptors (Lipinski definition) is 1. The van der Waals surface area contributed by atoms with E-state index < -0.39 is 29.3 Å². The minimum absolute atomic E-state index is 0.372. The highest BCUT2D eigenvalue weighted by Crippen LogP contribution is 2.36. The van der Waals surface area contributed by atoms with E-state index in [1.807, 2.05) is 0 Å². The minimum Gasteiger partial charge on any atom is -0.232 e. The average molecular weight is 221 g/mol. The van der Waals surface area contributed by atoms with Crippen LogP contribution < -0.4 is 0 Å². The molecule has 1 nitrogen and oxygen atoms in total. The molecule has 0 bridgehead atoms. The Hall–Kier alpha value is -1.64. The van der Waals surface area contributed by atoms with Crippen LogP contribution in [0.2, 0.25) is 0 Å². The molecule has 6 heteroatoms. The summed E-state index contributed by atoms with van der Waals surface area (Å²) in [5, 5.41) is 8.30. The van der Waals surface area contributed by atoms with E-state index in [4.69, 9.17) is 5.26 Å². The monoisotopic (exact) mass is 221 g/mol. The summed E-state index contributed by atoms with van der Waals surface area (Å²) >= 11 is 0. The molecule has 1 atom stereocenters. The molecule has 0 N–H and O–H groups in total. The van der Waals surface area contributed by atoms with Gasteiger partial charge in [0, 0.05) is 0 Å². The summed E-state index contributed by atoms with van der Waals surface area (Å²) in [7, 11) is 0. The minimum atomic E-state index is -5.07. The normalized spacial score (nSPS) is 13.3. The standard InChI is InChI=1S/C9H4F5N/c10-7-3-5(1-2-6(7)4-15)8(11)9(12,13)14/h1-3,8H. The van der Waals surface area contributed by atoms with Crippen molar-refractivity contribution in [3.8, 4) is 6.07 Å². The lowest BCUT2D eigenvalue weighted by Crippen LogP contribution is -2.16. The Morgan fingerprint density at radius 2 is 1.87 bits per heavy atom. The smallest absolute Gasteiger partial charge is 0.232 e. The third-order valence-corrected chi connectivity index (χ3v) is 1.69. The van der Waals surface area contributed by atoms with E-state index in [-0.39, 0.29) is 0 Å². The first-order valence-electron chi connectivity index (χ1n) is 3.76. The van der Waals surface area contributed by atoms with E-state index in [1.54, 1.807) is 0 Å². The van der Waals surface area contributed by atoms with Crippen LogP contribution in [0.3, 0.4) is 0 Å². The lowest BCUT2D eigenvalue weighted by atomic mass is 10.1. The fraction of sp³-hybridized carbons (Fsp3) is 0.222. The Labute approximate surface area is 81.7 Å². The maximum atomic E-state index is 12.8. The van der Waals surface area contributed by atoms with Crippen molar-refractivity contribution in [1.82, 2.24) is 0 Å². The zero-order valence-corrected chi connectivity index (χ0v) is 7.15. The molecule has 1 rings (SSSR count). The van der Waals surface area contributed by atoms with Gasteiger partial charge < -0.3 is 0 Å². The van der Waals surface area contributed by atoms with Crippen molar-refractivity contribution < 1.29 is 22.0 Å². The third kappa shape index (κ3) is 2.43. The number of nitrogens with zero attached hydrogens (tertiary/aromatic N) is 1. The second-order valence-electron chi connectivity index (χ2n) is 2.76. The lowest BCUT2D eigenvalue weighted by Gasteiger charge is -2.12. The van der Waals surface area contributed by atoms with E-state index in [9.17, 15) is 22.0 Å². The van der Waals surface area contributed by atoms with Crippen molar-refractivity contribution >= 4 is 0 Å². The Morgan fingerprint density at radius 3 is 2.27 bits per heavy atom. The summed E-state index contributed by atoms with van der Waals surface area (Å²) < 4.78 is 61.2. The highest BCUT2D eigenvalue weighted by atomic mass is 19.4. The van der Waals surface area contributed by atoms with Gasteiger partial charge in [-0.05, 0) is 17.7 Å². The van der Waals surface area contributed by atoms with Gasteiger partial charge in [0.1, 0.15) is 11.9 Å². The molecule has 1 aromatic carbocycles. The fourth-order valence-corrected chi connectivity index (χ4v) is 0.969. The van der Waals surface area contributed by atoms with E-state index >= 15 is 0 Å². The van der Waals surface area contributed by atoms with E-state index in [0.29, 0.717) is 6.07 Å². The largest absolute Gasteiger partial charge is 0.423 e. The Morgan fingerprint density at radius 1 is 1.27 bits per heavy atom. The van der Waals surface area contributed by atoms with Gasteiger partial charge in [0.25, 0.3) is 0 Å². The Balaban J connectivity index is 3.09. The molecule has 0 saturated heterocycles. The van der Waals surface area contributed by atoms with Crippen LogP contribution in [0.15, 0.2) is 18.2 Å². The molecule has 0 heterocycles. The van der Waals surface area contributed by atoms with Crippen molar-refractivity contribution in [3.63, 3.8) is 0 Å². The molecule has 0 aliphatic heterocycles. The fourth-order valence-electron chi connectivity index (χ4n) is 0.969. The van der Waals surface area contributed by atoms with Crippen LogP contribution in [0.25, 0.3) is 0 Å². The molecule has 80 valence electrons. The van der Waals surface area contributed by atoms with Crippen LogP contribution in [-0.2, 0) is 0 Å². The van der Waals surface area contributed by atoms with E-state index in [1.165, 1.54) is 6.07 Å². The number of rotatable bonds is 1. The van der Waals surface area contributed by atoms with Gasteiger partial charge in [-0.1, -0.05) is 6.07 Å². The quantitative estimate of drug-likeness (QED) is 0.667. The van der Waals surface area contributed by atoms with Crippen LogP contribution in [0.4, 0.5) is 22.0 Å². The predicted molar refractivity (Wildman–Crippen MR) is 41.0 cm³/mol. The molecule has 0 aromatic heterocycles. The highest BCUT2D eigenvalue weighted by molar-refractivity contribution is 5.34. The lowest BCUT2D eigenvalue weighted by molar-refractivity contribution is -0.182. The molecule has 15 heavy (non-hydrogen) atoms. The third-order valence-electron chi connectivity index (χ3n) is 1.69. The first-order chi connectivity index (χ1) is 6.86. The zero-order valence-electron chi connectivity index (χ0n) is 7.15. The summed E-state index contributed by atoms with van der Waals surface area (Å²) in [6.45, 7) is 0. The van der Waals surface area contributed by atoms with Crippen molar-refractivity contribution in [1.29, 1.82) is 5.26 Å². The number of alkyl halides is 4. The summed E-state index contributed by atoms with van der Waals surface area (Å²) in [6, 6.07) is 3.34. The van der Waals surface area contributed by atoms with E-state index in [2.05, 4.69) is 0 Å². The van der Waals surface area contributed by atoms with Crippen molar-refractivity contribution in [3.05, 3.63) is 35.1 Å². The zero-order chi connectivity index (χ0) is 11.6. The molecule has 0 aliphatic carbocycles. The van der Waals surface area contributed by atoms with Crippen molar-refractivity contribution in [2.75, 3.05) is 0 Å². The molecule has 0 amide bonds. The van der Waals surface area contributed by atoms with Gasteiger partial charge in [0.15, 0.2) is 0 Å². The maximum Gasteiger partial charge on any atom is 0.423 e. The number of hydrogen-bond donors (Lipinski definition) is 0. The van der Waals surface area contributed by atoms with Gasteiger partial charge in [0.05, 0.1) is 5.56 Å². The van der Waals surface area contributed by atoms with E-state index in [0.717, 1.165) is 12.1 Å².